The van der Waals surface area contributed by atoms with Crippen molar-refractivity contribution < 1.29 is 4.39 Å². The van der Waals surface area contributed by atoms with Crippen LogP contribution in [0.15, 0.2) is 24.3 Å². The Morgan fingerprint density at radius 1 is 1.42 bits per heavy atom. The number of rotatable bonds is 4. The predicted octanol–water partition coefficient (Wildman–Crippen LogP) is 3.02. The first-order valence-electron chi connectivity index (χ1n) is 6.23. The van der Waals surface area contributed by atoms with Crippen LogP contribution < -0.4 is 5.73 Å². The Morgan fingerprint density at radius 2 is 2.16 bits per heavy atom. The molecule has 19 heavy (non-hydrogen) atoms. The monoisotopic (exact) mass is 281 g/mol. The van der Waals surface area contributed by atoms with E-state index >= 15 is 0 Å². The minimum atomic E-state index is -0.409. The fourth-order valence-electron chi connectivity index (χ4n) is 2.09. The molecule has 0 saturated carbocycles. The van der Waals surface area contributed by atoms with Gasteiger partial charge in [0, 0.05) is 7.05 Å². The summed E-state index contributed by atoms with van der Waals surface area (Å²) in [5, 5.41) is 4.50. The molecule has 2 N–H and O–H groups in total. The van der Waals surface area contributed by atoms with Gasteiger partial charge in [-0.15, -0.1) is 0 Å². The third-order valence-electron chi connectivity index (χ3n) is 3.15. The Bertz CT molecular complexity index is 580. The second-order valence-corrected chi connectivity index (χ2v) is 5.00. The highest BCUT2D eigenvalue weighted by Gasteiger charge is 2.13. The van der Waals surface area contributed by atoms with Crippen LogP contribution in [0.5, 0.6) is 0 Å². The summed E-state index contributed by atoms with van der Waals surface area (Å²) in [5.41, 5.74) is 9.09. The number of hydrogen-bond donors (Lipinski definition) is 1. The Morgan fingerprint density at radius 3 is 2.74 bits per heavy atom. The Kier molecular flexibility index (Phi) is 4.22. The molecule has 3 nitrogen and oxygen atoms in total. The van der Waals surface area contributed by atoms with Crippen molar-refractivity contribution in [1.82, 2.24) is 9.78 Å². The molecule has 1 heterocycles. The van der Waals surface area contributed by atoms with Gasteiger partial charge >= 0.3 is 0 Å². The summed E-state index contributed by atoms with van der Waals surface area (Å²) >= 11 is 5.77. The van der Waals surface area contributed by atoms with Gasteiger partial charge in [-0.3, -0.25) is 4.68 Å². The molecule has 1 aromatic heterocycles. The van der Waals surface area contributed by atoms with Gasteiger partial charge in [-0.2, -0.15) is 5.10 Å². The highest BCUT2D eigenvalue weighted by Crippen LogP contribution is 2.21. The van der Waals surface area contributed by atoms with Gasteiger partial charge in [0.25, 0.3) is 0 Å². The van der Waals surface area contributed by atoms with E-state index in [1.165, 1.54) is 6.07 Å². The number of hydrogen-bond acceptors (Lipinski definition) is 2. The normalized spacial score (nSPS) is 12.7. The van der Waals surface area contributed by atoms with Crippen LogP contribution in [0.25, 0.3) is 0 Å². The molecule has 102 valence electrons. The van der Waals surface area contributed by atoms with Crippen LogP contribution in [0.4, 0.5) is 4.39 Å². The van der Waals surface area contributed by atoms with Crippen molar-refractivity contribution in [1.29, 1.82) is 0 Å². The van der Waals surface area contributed by atoms with Crippen LogP contribution in [0.2, 0.25) is 5.02 Å². The van der Waals surface area contributed by atoms with Crippen molar-refractivity contribution in [3.05, 3.63) is 52.1 Å². The van der Waals surface area contributed by atoms with Crippen LogP contribution in [-0.4, -0.2) is 9.78 Å². The van der Waals surface area contributed by atoms with Crippen molar-refractivity contribution in [2.45, 2.75) is 25.8 Å². The zero-order valence-electron chi connectivity index (χ0n) is 11.0. The number of nitrogens with two attached hydrogens (primary N) is 1. The van der Waals surface area contributed by atoms with E-state index in [2.05, 4.69) is 12.0 Å². The number of aryl methyl sites for hydroxylation is 2. The smallest absolute Gasteiger partial charge is 0.141 e. The SMILES string of the molecule is CCc1cc(C(N)Cc2ccc(F)c(Cl)c2)n(C)n1. The Hall–Kier alpha value is -1.39. The molecule has 0 aliphatic rings. The van der Waals surface area contributed by atoms with Gasteiger partial charge in [-0.25, -0.2) is 4.39 Å². The number of halogens is 2. The summed E-state index contributed by atoms with van der Waals surface area (Å²) in [6, 6.07) is 6.52. The molecule has 2 rings (SSSR count). The maximum atomic E-state index is 13.1. The minimum Gasteiger partial charge on any atom is -0.322 e. The molecule has 2 aromatic rings. The summed E-state index contributed by atoms with van der Waals surface area (Å²) in [4.78, 5) is 0. The topological polar surface area (TPSA) is 43.8 Å². The zero-order valence-corrected chi connectivity index (χ0v) is 11.8. The van der Waals surface area contributed by atoms with Crippen molar-refractivity contribution in [3.8, 4) is 0 Å². The molecule has 0 saturated heterocycles. The van der Waals surface area contributed by atoms with Gasteiger partial charge < -0.3 is 5.73 Å². The lowest BCUT2D eigenvalue weighted by Gasteiger charge is -2.12. The molecule has 0 amide bonds. The van der Waals surface area contributed by atoms with Gasteiger partial charge in [-0.05, 0) is 36.6 Å². The summed E-state index contributed by atoms with van der Waals surface area (Å²) < 4.78 is 14.9. The second kappa shape index (κ2) is 5.72. The molecule has 0 fully saturated rings. The van der Waals surface area contributed by atoms with E-state index in [-0.39, 0.29) is 11.1 Å². The maximum Gasteiger partial charge on any atom is 0.141 e. The van der Waals surface area contributed by atoms with Gasteiger partial charge in [0.05, 0.1) is 22.5 Å². The average molecular weight is 282 g/mol. The van der Waals surface area contributed by atoms with E-state index in [4.69, 9.17) is 17.3 Å². The number of benzene rings is 1. The molecule has 0 radical (unpaired) electrons. The van der Waals surface area contributed by atoms with Gasteiger partial charge in [0.15, 0.2) is 0 Å². The molecule has 0 aliphatic carbocycles. The second-order valence-electron chi connectivity index (χ2n) is 4.60. The fourth-order valence-corrected chi connectivity index (χ4v) is 2.29. The summed E-state index contributed by atoms with van der Waals surface area (Å²) in [7, 11) is 1.88. The first kappa shape index (κ1) is 14.0. The lowest BCUT2D eigenvalue weighted by Crippen LogP contribution is -2.17. The van der Waals surface area contributed by atoms with Crippen molar-refractivity contribution in [2.75, 3.05) is 0 Å². The third kappa shape index (κ3) is 3.14. The standard InChI is InChI=1S/C14H17ClFN3/c1-3-10-8-14(19(2)18-10)13(17)7-9-4-5-12(16)11(15)6-9/h4-6,8,13H,3,7,17H2,1-2H3. The van der Waals surface area contributed by atoms with E-state index in [0.717, 1.165) is 23.4 Å². The summed E-state index contributed by atoms with van der Waals surface area (Å²) in [6.45, 7) is 2.05. The first-order chi connectivity index (χ1) is 9.01. The van der Waals surface area contributed by atoms with Gasteiger partial charge in [-0.1, -0.05) is 24.6 Å². The minimum absolute atomic E-state index is 0.129. The van der Waals surface area contributed by atoms with E-state index < -0.39 is 5.82 Å². The van der Waals surface area contributed by atoms with Gasteiger partial charge in [0.1, 0.15) is 5.82 Å². The molecular formula is C14H17ClFN3. The molecule has 1 unspecified atom stereocenters. The Labute approximate surface area is 117 Å². The maximum absolute atomic E-state index is 13.1. The molecule has 0 bridgehead atoms. The highest BCUT2D eigenvalue weighted by atomic mass is 35.5. The molecule has 5 heteroatoms. The van der Waals surface area contributed by atoms with E-state index in [0.29, 0.717) is 6.42 Å². The average Bonchev–Trinajstić information content (AvgIpc) is 2.75. The van der Waals surface area contributed by atoms with Crippen molar-refractivity contribution >= 4 is 11.6 Å². The predicted molar refractivity (Wildman–Crippen MR) is 74.6 cm³/mol. The van der Waals surface area contributed by atoms with Crippen LogP contribution in [0, 0.1) is 5.82 Å². The van der Waals surface area contributed by atoms with E-state index in [9.17, 15) is 4.39 Å². The fraction of sp³-hybridized carbons (Fsp3) is 0.357. The highest BCUT2D eigenvalue weighted by molar-refractivity contribution is 6.30. The third-order valence-corrected chi connectivity index (χ3v) is 3.44. The van der Waals surface area contributed by atoms with Crippen molar-refractivity contribution in [2.24, 2.45) is 12.8 Å². The zero-order chi connectivity index (χ0) is 14.0. The van der Waals surface area contributed by atoms with Gasteiger partial charge in [0.2, 0.25) is 0 Å². The van der Waals surface area contributed by atoms with E-state index in [1.807, 2.05) is 13.1 Å². The molecular weight excluding hydrogens is 265 g/mol. The summed E-state index contributed by atoms with van der Waals surface area (Å²) in [5.74, 6) is -0.409. The van der Waals surface area contributed by atoms with Crippen LogP contribution in [0.1, 0.15) is 29.9 Å². The van der Waals surface area contributed by atoms with Crippen LogP contribution in [0.3, 0.4) is 0 Å². The number of nitrogens with zero attached hydrogens (tertiary/aromatic N) is 2. The first-order valence-corrected chi connectivity index (χ1v) is 6.61. The lowest BCUT2D eigenvalue weighted by molar-refractivity contribution is 0.609. The molecule has 1 atom stereocenters. The molecule has 0 aliphatic heterocycles. The quantitative estimate of drug-likeness (QED) is 0.936. The summed E-state index contributed by atoms with van der Waals surface area (Å²) in [6.07, 6.45) is 1.48. The van der Waals surface area contributed by atoms with Crippen LogP contribution >= 0.6 is 11.6 Å². The largest absolute Gasteiger partial charge is 0.322 e. The van der Waals surface area contributed by atoms with E-state index in [1.54, 1.807) is 16.8 Å². The number of aromatic nitrogens is 2. The van der Waals surface area contributed by atoms with Crippen molar-refractivity contribution in [3.63, 3.8) is 0 Å². The van der Waals surface area contributed by atoms with Crippen LogP contribution in [-0.2, 0) is 19.9 Å². The lowest BCUT2D eigenvalue weighted by atomic mass is 10.0. The Balaban J connectivity index is 2.17. The molecule has 0 spiro atoms. The molecule has 1 aromatic carbocycles.